The lowest BCUT2D eigenvalue weighted by atomic mass is 10.1. The van der Waals surface area contributed by atoms with E-state index in [0.717, 1.165) is 0 Å². The molecule has 0 aliphatic rings. The lowest BCUT2D eigenvalue weighted by Gasteiger charge is -2.19. The normalized spacial score (nSPS) is 17.4. The molecule has 3 atom stereocenters. The number of hydrogen-bond acceptors (Lipinski definition) is 5. The van der Waals surface area contributed by atoms with E-state index in [4.69, 9.17) is 9.47 Å². The third-order valence-corrected chi connectivity index (χ3v) is 2.44. The molecule has 0 bridgehead atoms. The van der Waals surface area contributed by atoms with Gasteiger partial charge in [0.1, 0.15) is 0 Å². The first-order valence-electron chi connectivity index (χ1n) is 5.66. The topological polar surface area (TPSA) is 76.0 Å². The zero-order valence-electron chi connectivity index (χ0n) is 10.8. The molecule has 0 spiro atoms. The first-order valence-corrected chi connectivity index (χ1v) is 5.66. The van der Waals surface area contributed by atoms with Crippen LogP contribution in [0.25, 0.3) is 0 Å². The molecule has 0 radical (unpaired) electrons. The minimum absolute atomic E-state index is 0.117. The van der Waals surface area contributed by atoms with E-state index >= 15 is 0 Å². The van der Waals surface area contributed by atoms with Gasteiger partial charge in [-0.1, -0.05) is 0 Å². The highest BCUT2D eigenvalue weighted by atomic mass is 16.5. The summed E-state index contributed by atoms with van der Waals surface area (Å²) >= 11 is 0. The van der Waals surface area contributed by atoms with Gasteiger partial charge < -0.3 is 19.7 Å². The summed E-state index contributed by atoms with van der Waals surface area (Å²) < 4.78 is 9.70. The molecule has 0 rings (SSSR count). The molecule has 0 saturated heterocycles. The molecule has 0 unspecified atom stereocenters. The Hall–Kier alpha value is -0.910. The molecule has 17 heavy (non-hydrogen) atoms. The summed E-state index contributed by atoms with van der Waals surface area (Å²) in [6.45, 7) is 5.28. The van der Waals surface area contributed by atoms with Crippen LogP contribution in [0.1, 0.15) is 27.2 Å². The van der Waals surface area contributed by atoms with Crippen molar-refractivity contribution in [2.24, 2.45) is 0 Å². The molecule has 0 aromatic heterocycles. The number of rotatable bonds is 7. The van der Waals surface area contributed by atoms with E-state index in [9.17, 15) is 15.0 Å². The highest BCUT2D eigenvalue weighted by molar-refractivity contribution is 5.87. The third kappa shape index (κ3) is 6.41. The van der Waals surface area contributed by atoms with Crippen molar-refractivity contribution in [3.05, 3.63) is 11.6 Å². The van der Waals surface area contributed by atoms with Gasteiger partial charge in [0.2, 0.25) is 0 Å². The first-order chi connectivity index (χ1) is 7.92. The summed E-state index contributed by atoms with van der Waals surface area (Å²) in [5, 5.41) is 19.3. The van der Waals surface area contributed by atoms with Gasteiger partial charge >= 0.3 is 5.97 Å². The fourth-order valence-electron chi connectivity index (χ4n) is 1.27. The van der Waals surface area contributed by atoms with Crippen molar-refractivity contribution < 1.29 is 24.5 Å². The van der Waals surface area contributed by atoms with Crippen LogP contribution < -0.4 is 0 Å². The zero-order valence-corrected chi connectivity index (χ0v) is 10.8. The van der Waals surface area contributed by atoms with Crippen LogP contribution in [0.5, 0.6) is 0 Å². The number of hydrogen-bond donors (Lipinski definition) is 2. The van der Waals surface area contributed by atoms with Gasteiger partial charge in [0, 0.05) is 19.1 Å². The van der Waals surface area contributed by atoms with Gasteiger partial charge in [-0.2, -0.15) is 0 Å². The molecule has 0 saturated carbocycles. The van der Waals surface area contributed by atoms with Crippen LogP contribution in [0, 0.1) is 0 Å². The predicted molar refractivity (Wildman–Crippen MR) is 63.5 cm³/mol. The van der Waals surface area contributed by atoms with Gasteiger partial charge in [-0.15, -0.1) is 0 Å². The van der Waals surface area contributed by atoms with Crippen molar-refractivity contribution in [3.8, 4) is 0 Å². The predicted octanol–water partition coefficient (Wildman–Crippen LogP) is 0.643. The summed E-state index contributed by atoms with van der Waals surface area (Å²) in [5.74, 6) is -0.458. The number of aliphatic hydroxyl groups excluding tert-OH is 2. The molecule has 2 N–H and O–H groups in total. The van der Waals surface area contributed by atoms with Crippen molar-refractivity contribution in [3.63, 3.8) is 0 Å². The number of methoxy groups -OCH3 is 1. The highest BCUT2D eigenvalue weighted by Crippen LogP contribution is 2.09. The van der Waals surface area contributed by atoms with Crippen molar-refractivity contribution in [1.82, 2.24) is 0 Å². The van der Waals surface area contributed by atoms with E-state index in [1.165, 1.54) is 13.2 Å². The van der Waals surface area contributed by atoms with E-state index < -0.39 is 18.2 Å². The molecule has 0 heterocycles. The minimum Gasteiger partial charge on any atom is -0.463 e. The van der Waals surface area contributed by atoms with Crippen LogP contribution in [0.15, 0.2) is 11.6 Å². The summed E-state index contributed by atoms with van der Waals surface area (Å²) in [5.41, 5.74) is 0.330. The Labute approximate surface area is 102 Å². The summed E-state index contributed by atoms with van der Waals surface area (Å²) in [6.07, 6.45) is -0.538. The molecule has 0 amide bonds. The summed E-state index contributed by atoms with van der Waals surface area (Å²) in [6, 6.07) is 0. The van der Waals surface area contributed by atoms with Gasteiger partial charge in [-0.3, -0.25) is 0 Å². The van der Waals surface area contributed by atoms with Crippen molar-refractivity contribution in [2.75, 3.05) is 13.7 Å². The third-order valence-electron chi connectivity index (χ3n) is 2.44. The number of carbonyl (C=O) groups excluding carboxylic acids is 1. The van der Waals surface area contributed by atoms with Gasteiger partial charge in [-0.25, -0.2) is 4.79 Å². The first kappa shape index (κ1) is 16.1. The van der Waals surface area contributed by atoms with E-state index in [2.05, 4.69) is 0 Å². The Morgan fingerprint density at radius 3 is 2.47 bits per heavy atom. The Bertz CT molecular complexity index is 262. The van der Waals surface area contributed by atoms with Crippen molar-refractivity contribution in [2.45, 2.75) is 45.5 Å². The van der Waals surface area contributed by atoms with Crippen LogP contribution in [-0.2, 0) is 14.3 Å². The van der Waals surface area contributed by atoms with E-state index in [1.807, 2.05) is 0 Å². The number of carbonyl (C=O) groups is 1. The van der Waals surface area contributed by atoms with E-state index in [0.29, 0.717) is 12.2 Å². The average Bonchev–Trinajstić information content (AvgIpc) is 2.27. The van der Waals surface area contributed by atoms with Crippen molar-refractivity contribution >= 4 is 5.97 Å². The van der Waals surface area contributed by atoms with Crippen LogP contribution in [0.3, 0.4) is 0 Å². The number of ether oxygens (including phenoxy) is 2. The fraction of sp³-hybridized carbons (Fsp3) is 0.750. The summed E-state index contributed by atoms with van der Waals surface area (Å²) in [7, 11) is 1.49. The molecule has 0 aliphatic heterocycles. The standard InChI is InChI=1S/C12H22O5/c1-5-17-12(15)8(2)6-10(13)7-11(14)9(3)16-4/h6,9-11,13-14H,5,7H2,1-4H3/b8-6+/t9-,10+,11-/m1/s1. The highest BCUT2D eigenvalue weighted by Gasteiger charge is 2.17. The second-order valence-electron chi connectivity index (χ2n) is 3.88. The Morgan fingerprint density at radius 1 is 1.41 bits per heavy atom. The molecule has 5 nitrogen and oxygen atoms in total. The Kier molecular flexibility index (Phi) is 7.78. The number of aliphatic hydroxyl groups is 2. The van der Waals surface area contributed by atoms with Gasteiger partial charge in [-0.05, 0) is 26.8 Å². The second-order valence-corrected chi connectivity index (χ2v) is 3.88. The van der Waals surface area contributed by atoms with E-state index in [1.54, 1.807) is 20.8 Å². The van der Waals surface area contributed by atoms with E-state index in [-0.39, 0.29) is 12.5 Å². The Morgan fingerprint density at radius 2 is 2.00 bits per heavy atom. The van der Waals surface area contributed by atoms with Gasteiger partial charge in [0.05, 0.1) is 24.9 Å². The molecule has 0 aromatic carbocycles. The summed E-state index contributed by atoms with van der Waals surface area (Å²) in [4.78, 5) is 11.3. The van der Waals surface area contributed by atoms with Crippen molar-refractivity contribution in [1.29, 1.82) is 0 Å². The number of esters is 1. The molecule has 0 aliphatic carbocycles. The lowest BCUT2D eigenvalue weighted by molar-refractivity contribution is -0.138. The maximum absolute atomic E-state index is 11.3. The zero-order chi connectivity index (χ0) is 13.4. The molecule has 5 heteroatoms. The minimum atomic E-state index is -0.896. The molecule has 0 aromatic rings. The maximum Gasteiger partial charge on any atom is 0.333 e. The van der Waals surface area contributed by atoms with Crippen LogP contribution in [0.4, 0.5) is 0 Å². The molecule has 100 valence electrons. The van der Waals surface area contributed by atoms with Gasteiger partial charge in [0.15, 0.2) is 0 Å². The SMILES string of the molecule is CCOC(=O)/C(C)=C/[C@H](O)C[C@@H](O)[C@@H](C)OC. The largest absolute Gasteiger partial charge is 0.463 e. The van der Waals surface area contributed by atoms with Crippen LogP contribution >= 0.6 is 0 Å². The van der Waals surface area contributed by atoms with Crippen LogP contribution in [-0.4, -0.2) is 48.2 Å². The molecular weight excluding hydrogens is 224 g/mol. The molecule has 0 fully saturated rings. The Balaban J connectivity index is 4.28. The quantitative estimate of drug-likeness (QED) is 0.509. The van der Waals surface area contributed by atoms with Gasteiger partial charge in [0.25, 0.3) is 0 Å². The monoisotopic (exact) mass is 246 g/mol. The van der Waals surface area contributed by atoms with Crippen LogP contribution in [0.2, 0.25) is 0 Å². The maximum atomic E-state index is 11.3. The molecular formula is C12H22O5. The second kappa shape index (κ2) is 8.22. The fourth-order valence-corrected chi connectivity index (χ4v) is 1.27. The average molecular weight is 246 g/mol. The smallest absolute Gasteiger partial charge is 0.333 e. The lowest BCUT2D eigenvalue weighted by Crippen LogP contribution is -2.28.